The number of methoxy groups -OCH3 is 2. The Labute approximate surface area is 119 Å². The van der Waals surface area contributed by atoms with Crippen molar-refractivity contribution < 1.29 is 23.0 Å². The summed E-state index contributed by atoms with van der Waals surface area (Å²) in [6.45, 7) is 0. The minimum Gasteiger partial charge on any atom is -0.497 e. The van der Waals surface area contributed by atoms with Crippen LogP contribution in [0.1, 0.15) is 10.4 Å². The number of hydrogen-bond donors (Lipinski definition) is 1. The molecule has 1 N–H and O–H groups in total. The molecule has 0 radical (unpaired) electrons. The second-order valence-electron chi connectivity index (χ2n) is 3.99. The van der Waals surface area contributed by atoms with Crippen LogP contribution in [0.4, 0.5) is 14.5 Å². The van der Waals surface area contributed by atoms with E-state index in [0.29, 0.717) is 11.5 Å². The van der Waals surface area contributed by atoms with E-state index in [0.717, 1.165) is 12.1 Å². The molecule has 0 atom stereocenters. The Balaban J connectivity index is 2.31. The molecule has 0 aliphatic carbocycles. The molecular formula is C14H12F2N2O3. The third-order valence-electron chi connectivity index (χ3n) is 2.71. The number of nitrogens with zero attached hydrogens (tertiary/aromatic N) is 1. The van der Waals surface area contributed by atoms with Gasteiger partial charge >= 0.3 is 0 Å². The van der Waals surface area contributed by atoms with Crippen LogP contribution >= 0.6 is 0 Å². The third kappa shape index (κ3) is 3.25. The number of aromatic nitrogens is 1. The predicted molar refractivity (Wildman–Crippen MR) is 71.7 cm³/mol. The SMILES string of the molecule is COc1ccc(OC)c(C(=O)Nc2ccc(F)nc2F)c1. The summed E-state index contributed by atoms with van der Waals surface area (Å²) in [4.78, 5) is 15.2. The van der Waals surface area contributed by atoms with Crippen LogP contribution in [0.3, 0.4) is 0 Å². The molecule has 0 aliphatic rings. The van der Waals surface area contributed by atoms with E-state index in [1.54, 1.807) is 12.1 Å². The lowest BCUT2D eigenvalue weighted by Crippen LogP contribution is -2.15. The summed E-state index contributed by atoms with van der Waals surface area (Å²) in [5.41, 5.74) is -0.0770. The van der Waals surface area contributed by atoms with Crippen molar-refractivity contribution in [2.75, 3.05) is 19.5 Å². The zero-order chi connectivity index (χ0) is 15.4. The molecule has 21 heavy (non-hydrogen) atoms. The van der Waals surface area contributed by atoms with Crippen LogP contribution in [0.25, 0.3) is 0 Å². The number of rotatable bonds is 4. The Morgan fingerprint density at radius 1 is 1.14 bits per heavy atom. The van der Waals surface area contributed by atoms with Crippen LogP contribution in [-0.4, -0.2) is 25.1 Å². The molecule has 1 heterocycles. The number of amides is 1. The monoisotopic (exact) mass is 294 g/mol. The molecule has 5 nitrogen and oxygen atoms in total. The van der Waals surface area contributed by atoms with E-state index in [9.17, 15) is 13.6 Å². The highest BCUT2D eigenvalue weighted by atomic mass is 19.1. The third-order valence-corrected chi connectivity index (χ3v) is 2.71. The van der Waals surface area contributed by atoms with Gasteiger partial charge in [0.1, 0.15) is 11.5 Å². The number of anilines is 1. The number of halogens is 2. The molecule has 0 aliphatic heterocycles. The maximum Gasteiger partial charge on any atom is 0.259 e. The van der Waals surface area contributed by atoms with Gasteiger partial charge in [0.05, 0.1) is 25.5 Å². The highest BCUT2D eigenvalue weighted by Crippen LogP contribution is 2.25. The van der Waals surface area contributed by atoms with E-state index >= 15 is 0 Å². The van der Waals surface area contributed by atoms with Gasteiger partial charge in [-0.1, -0.05) is 0 Å². The fraction of sp³-hybridized carbons (Fsp3) is 0.143. The Kier molecular flexibility index (Phi) is 4.32. The van der Waals surface area contributed by atoms with E-state index < -0.39 is 17.8 Å². The molecule has 1 aromatic carbocycles. The number of carbonyl (C=O) groups excluding carboxylic acids is 1. The Morgan fingerprint density at radius 2 is 1.90 bits per heavy atom. The molecular weight excluding hydrogens is 282 g/mol. The summed E-state index contributed by atoms with van der Waals surface area (Å²) in [6.07, 6.45) is 0. The van der Waals surface area contributed by atoms with Gasteiger partial charge in [0.2, 0.25) is 11.9 Å². The Morgan fingerprint density at radius 3 is 2.52 bits per heavy atom. The van der Waals surface area contributed by atoms with E-state index in [1.165, 1.54) is 20.3 Å². The summed E-state index contributed by atoms with van der Waals surface area (Å²) < 4.78 is 36.2. The summed E-state index contributed by atoms with van der Waals surface area (Å²) in [5, 5.41) is 2.30. The van der Waals surface area contributed by atoms with Gasteiger partial charge in [-0.3, -0.25) is 4.79 Å². The van der Waals surface area contributed by atoms with Crippen molar-refractivity contribution in [1.82, 2.24) is 4.98 Å². The van der Waals surface area contributed by atoms with Crippen molar-refractivity contribution in [3.63, 3.8) is 0 Å². The first-order valence-electron chi connectivity index (χ1n) is 5.90. The smallest absolute Gasteiger partial charge is 0.259 e. The number of pyridine rings is 1. The van der Waals surface area contributed by atoms with Crippen LogP contribution < -0.4 is 14.8 Å². The van der Waals surface area contributed by atoms with Gasteiger partial charge in [-0.05, 0) is 30.3 Å². The second-order valence-corrected chi connectivity index (χ2v) is 3.99. The average Bonchev–Trinajstić information content (AvgIpc) is 2.49. The van der Waals surface area contributed by atoms with Crippen molar-refractivity contribution in [2.45, 2.75) is 0 Å². The minimum absolute atomic E-state index is 0.153. The van der Waals surface area contributed by atoms with Gasteiger partial charge in [0.25, 0.3) is 5.91 Å². The van der Waals surface area contributed by atoms with E-state index in [-0.39, 0.29) is 11.3 Å². The molecule has 2 aromatic rings. The Hall–Kier alpha value is -2.70. The Bertz CT molecular complexity index is 677. The van der Waals surface area contributed by atoms with Crippen molar-refractivity contribution in [1.29, 1.82) is 0 Å². The van der Waals surface area contributed by atoms with E-state index in [2.05, 4.69) is 10.3 Å². The molecule has 0 unspecified atom stereocenters. The number of hydrogen-bond acceptors (Lipinski definition) is 4. The second kappa shape index (κ2) is 6.17. The fourth-order valence-corrected chi connectivity index (χ4v) is 1.69. The summed E-state index contributed by atoms with van der Waals surface area (Å²) in [5.74, 6) is -1.96. The number of nitrogens with one attached hydrogen (secondary N) is 1. The lowest BCUT2D eigenvalue weighted by molar-refractivity contribution is 0.102. The van der Waals surface area contributed by atoms with Crippen molar-refractivity contribution >= 4 is 11.6 Å². The standard InChI is InChI=1S/C14H12F2N2O3/c1-20-8-3-5-11(21-2)9(7-8)14(19)17-10-4-6-12(15)18-13(10)16/h3-7H,1-2H3,(H,17,19). The van der Waals surface area contributed by atoms with Crippen molar-refractivity contribution in [3.05, 3.63) is 47.8 Å². The first kappa shape index (κ1) is 14.7. The molecule has 1 aromatic heterocycles. The normalized spacial score (nSPS) is 10.1. The zero-order valence-electron chi connectivity index (χ0n) is 11.3. The van der Waals surface area contributed by atoms with Gasteiger partial charge < -0.3 is 14.8 Å². The van der Waals surface area contributed by atoms with Crippen LogP contribution in [0.2, 0.25) is 0 Å². The molecule has 110 valence electrons. The summed E-state index contributed by atoms with van der Waals surface area (Å²) >= 11 is 0. The quantitative estimate of drug-likeness (QED) is 0.881. The maximum absolute atomic E-state index is 13.4. The maximum atomic E-state index is 13.4. The minimum atomic E-state index is -1.11. The number of ether oxygens (including phenoxy) is 2. The molecule has 2 rings (SSSR count). The number of benzene rings is 1. The van der Waals surface area contributed by atoms with Gasteiger partial charge in [-0.15, -0.1) is 0 Å². The predicted octanol–water partition coefficient (Wildman–Crippen LogP) is 2.63. The van der Waals surface area contributed by atoms with E-state index in [4.69, 9.17) is 9.47 Å². The van der Waals surface area contributed by atoms with Crippen LogP contribution in [0.5, 0.6) is 11.5 Å². The van der Waals surface area contributed by atoms with E-state index in [1.807, 2.05) is 0 Å². The molecule has 0 saturated heterocycles. The molecule has 7 heteroatoms. The van der Waals surface area contributed by atoms with Crippen molar-refractivity contribution in [2.24, 2.45) is 0 Å². The van der Waals surface area contributed by atoms with Crippen LogP contribution in [0, 0.1) is 11.9 Å². The summed E-state index contributed by atoms with van der Waals surface area (Å²) in [7, 11) is 2.85. The molecule has 0 fully saturated rings. The highest BCUT2D eigenvalue weighted by Gasteiger charge is 2.16. The van der Waals surface area contributed by atoms with Crippen LogP contribution in [0.15, 0.2) is 30.3 Å². The fourth-order valence-electron chi connectivity index (χ4n) is 1.69. The first-order chi connectivity index (χ1) is 10.0. The van der Waals surface area contributed by atoms with Gasteiger partial charge in [0.15, 0.2) is 0 Å². The molecule has 0 saturated carbocycles. The topological polar surface area (TPSA) is 60.5 Å². The largest absolute Gasteiger partial charge is 0.497 e. The van der Waals surface area contributed by atoms with Crippen molar-refractivity contribution in [3.8, 4) is 11.5 Å². The molecule has 0 spiro atoms. The number of carbonyl (C=O) groups is 1. The van der Waals surface area contributed by atoms with Gasteiger partial charge in [0, 0.05) is 0 Å². The lowest BCUT2D eigenvalue weighted by Gasteiger charge is -2.11. The first-order valence-corrected chi connectivity index (χ1v) is 5.90. The van der Waals surface area contributed by atoms with Crippen LogP contribution in [-0.2, 0) is 0 Å². The highest BCUT2D eigenvalue weighted by molar-refractivity contribution is 6.06. The van der Waals surface area contributed by atoms with Gasteiger partial charge in [-0.2, -0.15) is 13.8 Å². The zero-order valence-corrected chi connectivity index (χ0v) is 11.3. The lowest BCUT2D eigenvalue weighted by atomic mass is 10.1. The average molecular weight is 294 g/mol. The molecule has 1 amide bonds. The summed E-state index contributed by atoms with van der Waals surface area (Å²) in [6, 6.07) is 6.65. The molecule has 0 bridgehead atoms. The van der Waals surface area contributed by atoms with Gasteiger partial charge in [-0.25, -0.2) is 0 Å².